The molecule has 196 valence electrons. The van der Waals surface area contributed by atoms with Crippen molar-refractivity contribution in [2.75, 3.05) is 13.2 Å². The summed E-state index contributed by atoms with van der Waals surface area (Å²) in [6, 6.07) is 15.5. The van der Waals surface area contributed by atoms with E-state index in [2.05, 4.69) is 38.5 Å². The molecule has 0 aromatic heterocycles. The van der Waals surface area contributed by atoms with Gasteiger partial charge >= 0.3 is 0 Å². The molecule has 3 aromatic carbocycles. The van der Waals surface area contributed by atoms with Crippen LogP contribution in [0.1, 0.15) is 28.4 Å². The zero-order chi connectivity index (χ0) is 27.4. The fraction of sp³-hybridized carbons (Fsp3) is 0.148. The summed E-state index contributed by atoms with van der Waals surface area (Å²) >= 11 is 18.5. The van der Waals surface area contributed by atoms with Gasteiger partial charge in [0.25, 0.3) is 11.1 Å². The summed E-state index contributed by atoms with van der Waals surface area (Å²) in [4.78, 5) is 39.4. The number of ether oxygens (including phenoxy) is 2. The summed E-state index contributed by atoms with van der Waals surface area (Å²) in [6.07, 6.45) is 1.61. The number of hydrogen-bond acceptors (Lipinski definition) is 6. The number of amides is 2. The molecule has 1 aliphatic heterocycles. The van der Waals surface area contributed by atoms with Crippen molar-refractivity contribution in [3.05, 3.63) is 94.3 Å². The lowest BCUT2D eigenvalue weighted by molar-refractivity contribution is -0.122. The van der Waals surface area contributed by atoms with Gasteiger partial charge in [0.1, 0.15) is 6.61 Å². The molecule has 38 heavy (non-hydrogen) atoms. The second-order valence-electron chi connectivity index (χ2n) is 7.99. The summed E-state index contributed by atoms with van der Waals surface area (Å²) < 4.78 is 13.4. The Labute approximate surface area is 255 Å². The van der Waals surface area contributed by atoms with E-state index in [4.69, 9.17) is 32.7 Å². The van der Waals surface area contributed by atoms with E-state index in [-0.39, 0.29) is 23.8 Å². The van der Waals surface area contributed by atoms with Crippen molar-refractivity contribution < 1.29 is 23.9 Å². The van der Waals surface area contributed by atoms with Gasteiger partial charge in [-0.2, -0.15) is 0 Å². The highest BCUT2D eigenvalue weighted by Crippen LogP contribution is 2.38. The molecule has 0 N–H and O–H groups in total. The van der Waals surface area contributed by atoms with E-state index in [1.807, 2.05) is 13.0 Å². The predicted molar refractivity (Wildman–Crippen MR) is 162 cm³/mol. The van der Waals surface area contributed by atoms with Gasteiger partial charge in [0, 0.05) is 25.6 Å². The number of thioether (sulfide) groups is 1. The Hall–Kier alpha value is -2.05. The van der Waals surface area contributed by atoms with Crippen molar-refractivity contribution in [1.29, 1.82) is 0 Å². The van der Waals surface area contributed by atoms with E-state index >= 15 is 0 Å². The minimum atomic E-state index is -0.517. The topological polar surface area (TPSA) is 72.9 Å². The number of Topliss-reactive ketones (excluding diaryl/α,β-unsaturated/α-hetero) is 1. The van der Waals surface area contributed by atoms with Crippen molar-refractivity contribution in [3.63, 3.8) is 0 Å². The molecule has 1 fully saturated rings. The lowest BCUT2D eigenvalue weighted by Gasteiger charge is -2.15. The number of halogens is 4. The Bertz CT molecular complexity index is 1450. The molecule has 0 atom stereocenters. The maximum atomic E-state index is 13.0. The molecule has 6 nitrogen and oxygen atoms in total. The average Bonchev–Trinajstić information content (AvgIpc) is 3.12. The van der Waals surface area contributed by atoms with E-state index in [1.54, 1.807) is 54.6 Å². The molecule has 1 heterocycles. The molecule has 4 rings (SSSR count). The smallest absolute Gasteiger partial charge is 0.293 e. The van der Waals surface area contributed by atoms with Crippen molar-refractivity contribution in [2.45, 2.75) is 13.5 Å². The fourth-order valence-corrected chi connectivity index (χ4v) is 5.87. The van der Waals surface area contributed by atoms with E-state index < -0.39 is 11.1 Å². The van der Waals surface area contributed by atoms with Gasteiger partial charge in [-0.25, -0.2) is 0 Å². The molecular formula is C27H19BrCl2INO5S. The first kappa shape index (κ1) is 28.9. The summed E-state index contributed by atoms with van der Waals surface area (Å²) in [5.41, 5.74) is 1.84. The number of rotatable bonds is 9. The number of imide groups is 1. The van der Waals surface area contributed by atoms with Crippen LogP contribution >= 0.6 is 73.5 Å². The summed E-state index contributed by atoms with van der Waals surface area (Å²) in [5.74, 6) is 0.178. The number of carbonyl (C=O) groups is 3. The van der Waals surface area contributed by atoms with Crippen molar-refractivity contribution in [3.8, 4) is 11.5 Å². The van der Waals surface area contributed by atoms with E-state index in [1.165, 1.54) is 0 Å². The molecule has 0 unspecified atom stereocenters. The minimum Gasteiger partial charge on any atom is -0.490 e. The normalized spacial score (nSPS) is 14.3. The van der Waals surface area contributed by atoms with Gasteiger partial charge < -0.3 is 9.47 Å². The molecule has 0 aliphatic carbocycles. The predicted octanol–water partition coefficient (Wildman–Crippen LogP) is 8.26. The maximum absolute atomic E-state index is 13.0. The largest absolute Gasteiger partial charge is 0.490 e. The van der Waals surface area contributed by atoms with Gasteiger partial charge in [-0.3, -0.25) is 19.3 Å². The van der Waals surface area contributed by atoms with E-state index in [0.29, 0.717) is 39.3 Å². The highest BCUT2D eigenvalue weighted by Gasteiger charge is 2.36. The summed E-state index contributed by atoms with van der Waals surface area (Å²) in [7, 11) is 0. The molecule has 11 heteroatoms. The zero-order valence-electron chi connectivity index (χ0n) is 19.8. The number of benzene rings is 3. The number of carbonyl (C=O) groups excluding carboxylic acids is 3. The highest BCUT2D eigenvalue weighted by atomic mass is 127. The Morgan fingerprint density at radius 3 is 2.50 bits per heavy atom. The van der Waals surface area contributed by atoms with Crippen LogP contribution in [0.25, 0.3) is 6.08 Å². The van der Waals surface area contributed by atoms with Crippen molar-refractivity contribution >= 4 is 96.5 Å². The quantitative estimate of drug-likeness (QED) is 0.125. The second-order valence-corrected chi connectivity index (χ2v) is 11.9. The van der Waals surface area contributed by atoms with Gasteiger partial charge in [0.15, 0.2) is 17.3 Å². The van der Waals surface area contributed by atoms with Crippen LogP contribution < -0.4 is 9.47 Å². The SMILES string of the molecule is CCOc1cc(/C=C2/SC(=O)N(CC(=O)c3ccc(Br)cc3)C2=O)cc(I)c1OCc1ccc(Cl)cc1Cl. The molecule has 0 saturated carbocycles. The third-order valence-electron chi connectivity index (χ3n) is 5.36. The summed E-state index contributed by atoms with van der Waals surface area (Å²) in [5, 5.41) is 0.539. The maximum Gasteiger partial charge on any atom is 0.293 e. The molecule has 1 aliphatic rings. The number of nitrogens with zero attached hydrogens (tertiary/aromatic N) is 1. The molecule has 3 aromatic rings. The van der Waals surface area contributed by atoms with Crippen molar-refractivity contribution in [2.24, 2.45) is 0 Å². The van der Waals surface area contributed by atoms with Crippen LogP contribution in [0.15, 0.2) is 64.0 Å². The van der Waals surface area contributed by atoms with Gasteiger partial charge in [-0.1, -0.05) is 57.3 Å². The van der Waals surface area contributed by atoms with Crippen LogP contribution in [-0.2, 0) is 11.4 Å². The van der Waals surface area contributed by atoms with Crippen LogP contribution in [0.4, 0.5) is 4.79 Å². The Morgan fingerprint density at radius 2 is 1.82 bits per heavy atom. The van der Waals surface area contributed by atoms with Crippen LogP contribution in [0.2, 0.25) is 10.0 Å². The highest BCUT2D eigenvalue weighted by molar-refractivity contribution is 14.1. The Kier molecular flexibility index (Phi) is 9.80. The van der Waals surface area contributed by atoms with Gasteiger partial charge in [-0.05, 0) is 89.3 Å². The van der Waals surface area contributed by atoms with Crippen LogP contribution in [0, 0.1) is 3.57 Å². The number of ketones is 1. The average molecular weight is 747 g/mol. The molecular weight excluding hydrogens is 728 g/mol. The lowest BCUT2D eigenvalue weighted by atomic mass is 10.1. The minimum absolute atomic E-state index is 0.205. The van der Waals surface area contributed by atoms with E-state index in [0.717, 1.165) is 30.3 Å². The standard InChI is InChI=1S/C27H19BrCl2INO5S/c1-2-36-23-10-15(9-21(31)25(23)37-14-17-5-8-19(29)12-20(17)30)11-24-26(34)32(27(35)38-24)13-22(33)16-3-6-18(28)7-4-16/h3-12H,2,13-14H2,1H3/b24-11+. The Morgan fingerprint density at radius 1 is 1.08 bits per heavy atom. The van der Waals surface area contributed by atoms with Gasteiger partial charge in [-0.15, -0.1) is 0 Å². The Balaban J connectivity index is 1.53. The van der Waals surface area contributed by atoms with Crippen molar-refractivity contribution in [1.82, 2.24) is 4.90 Å². The third kappa shape index (κ3) is 6.93. The second kappa shape index (κ2) is 12.9. The monoisotopic (exact) mass is 745 g/mol. The number of hydrogen-bond donors (Lipinski definition) is 0. The lowest BCUT2D eigenvalue weighted by Crippen LogP contribution is -2.33. The first-order valence-corrected chi connectivity index (χ1v) is 14.7. The third-order valence-corrected chi connectivity index (χ3v) is 8.18. The summed E-state index contributed by atoms with van der Waals surface area (Å²) in [6.45, 7) is 2.13. The molecule has 0 bridgehead atoms. The molecule has 0 spiro atoms. The van der Waals surface area contributed by atoms with Crippen LogP contribution in [-0.4, -0.2) is 35.0 Å². The van der Waals surface area contributed by atoms with E-state index in [9.17, 15) is 14.4 Å². The zero-order valence-corrected chi connectivity index (χ0v) is 25.9. The van der Waals surface area contributed by atoms with Gasteiger partial charge in [0.2, 0.25) is 0 Å². The fourth-order valence-electron chi connectivity index (χ4n) is 3.52. The first-order chi connectivity index (χ1) is 18.2. The van der Waals surface area contributed by atoms with Crippen LogP contribution in [0.5, 0.6) is 11.5 Å². The molecule has 2 amide bonds. The molecule has 1 saturated heterocycles. The van der Waals surface area contributed by atoms with Gasteiger partial charge in [0.05, 0.1) is 21.6 Å². The first-order valence-electron chi connectivity index (χ1n) is 11.2. The van der Waals surface area contributed by atoms with Crippen LogP contribution in [0.3, 0.4) is 0 Å². The molecule has 0 radical (unpaired) electrons.